The summed E-state index contributed by atoms with van der Waals surface area (Å²) in [6.45, 7) is 1.89. The fourth-order valence-corrected chi connectivity index (χ4v) is 1.90. The van der Waals surface area contributed by atoms with Crippen LogP contribution in [0.1, 0.15) is 17.5 Å². The van der Waals surface area contributed by atoms with Crippen molar-refractivity contribution in [2.75, 3.05) is 6.54 Å². The van der Waals surface area contributed by atoms with Crippen LogP contribution in [-0.4, -0.2) is 6.54 Å². The van der Waals surface area contributed by atoms with E-state index in [9.17, 15) is 4.39 Å². The lowest BCUT2D eigenvalue weighted by atomic mass is 10.1. The molecular formula is C16H18FN. The first kappa shape index (κ1) is 12.8. The van der Waals surface area contributed by atoms with Crippen molar-refractivity contribution >= 4 is 0 Å². The third-order valence-corrected chi connectivity index (χ3v) is 2.90. The molecule has 0 amide bonds. The average Bonchev–Trinajstić information content (AvgIpc) is 2.42. The van der Waals surface area contributed by atoms with Crippen molar-refractivity contribution in [1.29, 1.82) is 0 Å². The van der Waals surface area contributed by atoms with E-state index in [0.717, 1.165) is 25.9 Å². The Hall–Kier alpha value is -1.67. The van der Waals surface area contributed by atoms with Crippen molar-refractivity contribution in [3.8, 4) is 0 Å². The summed E-state index contributed by atoms with van der Waals surface area (Å²) in [4.78, 5) is 0. The molecule has 0 aliphatic rings. The van der Waals surface area contributed by atoms with E-state index in [0.29, 0.717) is 0 Å². The molecule has 94 valence electrons. The summed E-state index contributed by atoms with van der Waals surface area (Å²) in [6.07, 6.45) is 2.06. The Morgan fingerprint density at radius 1 is 0.833 bits per heavy atom. The van der Waals surface area contributed by atoms with Gasteiger partial charge in [0, 0.05) is 6.54 Å². The molecule has 0 aliphatic carbocycles. The van der Waals surface area contributed by atoms with Gasteiger partial charge in [-0.15, -0.1) is 0 Å². The summed E-state index contributed by atoms with van der Waals surface area (Å²) in [7, 11) is 0. The van der Waals surface area contributed by atoms with Crippen LogP contribution in [0, 0.1) is 5.82 Å². The number of aryl methyl sites for hydroxylation is 1. The zero-order chi connectivity index (χ0) is 12.6. The van der Waals surface area contributed by atoms with Gasteiger partial charge in [0.1, 0.15) is 5.82 Å². The number of hydrogen-bond acceptors (Lipinski definition) is 1. The minimum absolute atomic E-state index is 0.166. The Morgan fingerprint density at radius 3 is 2.28 bits per heavy atom. The van der Waals surface area contributed by atoms with Gasteiger partial charge in [0.15, 0.2) is 0 Å². The zero-order valence-corrected chi connectivity index (χ0v) is 10.4. The van der Waals surface area contributed by atoms with E-state index in [4.69, 9.17) is 0 Å². The van der Waals surface area contributed by atoms with E-state index in [1.54, 1.807) is 0 Å². The third kappa shape index (κ3) is 4.30. The highest BCUT2D eigenvalue weighted by Gasteiger charge is 1.95. The average molecular weight is 243 g/mol. The zero-order valence-electron chi connectivity index (χ0n) is 10.4. The van der Waals surface area contributed by atoms with Crippen LogP contribution in [-0.2, 0) is 13.0 Å². The fraction of sp³-hybridized carbons (Fsp3) is 0.250. The first-order valence-corrected chi connectivity index (χ1v) is 6.34. The van der Waals surface area contributed by atoms with Crippen LogP contribution in [0.15, 0.2) is 54.6 Å². The molecule has 0 aliphatic heterocycles. The lowest BCUT2D eigenvalue weighted by Gasteiger charge is -2.05. The Bertz CT molecular complexity index is 450. The van der Waals surface area contributed by atoms with Crippen molar-refractivity contribution in [1.82, 2.24) is 5.32 Å². The Labute approximate surface area is 108 Å². The van der Waals surface area contributed by atoms with Gasteiger partial charge < -0.3 is 5.32 Å². The number of hydrogen-bond donors (Lipinski definition) is 1. The van der Waals surface area contributed by atoms with Gasteiger partial charge in [0.25, 0.3) is 0 Å². The van der Waals surface area contributed by atoms with Crippen LogP contribution in [0.5, 0.6) is 0 Å². The van der Waals surface area contributed by atoms with E-state index in [1.807, 2.05) is 18.2 Å². The maximum Gasteiger partial charge on any atom is 0.123 e. The second-order valence-corrected chi connectivity index (χ2v) is 4.39. The van der Waals surface area contributed by atoms with Gasteiger partial charge in [0.2, 0.25) is 0 Å². The largest absolute Gasteiger partial charge is 0.313 e. The van der Waals surface area contributed by atoms with Crippen LogP contribution >= 0.6 is 0 Å². The van der Waals surface area contributed by atoms with Gasteiger partial charge in [-0.2, -0.15) is 0 Å². The Morgan fingerprint density at radius 2 is 1.56 bits per heavy atom. The summed E-state index contributed by atoms with van der Waals surface area (Å²) in [5.41, 5.74) is 2.50. The molecule has 0 fully saturated rings. The van der Waals surface area contributed by atoms with Crippen LogP contribution in [0.25, 0.3) is 0 Å². The summed E-state index contributed by atoms with van der Waals surface area (Å²) in [5.74, 6) is -0.166. The molecule has 0 radical (unpaired) electrons. The monoisotopic (exact) mass is 243 g/mol. The molecular weight excluding hydrogens is 225 g/mol. The molecule has 2 rings (SSSR count). The number of nitrogens with one attached hydrogen (secondary N) is 1. The van der Waals surface area contributed by atoms with Crippen molar-refractivity contribution in [2.45, 2.75) is 19.4 Å². The highest BCUT2D eigenvalue weighted by atomic mass is 19.1. The molecule has 0 bridgehead atoms. The summed E-state index contributed by atoms with van der Waals surface area (Å²) in [5, 5.41) is 3.41. The minimum Gasteiger partial charge on any atom is -0.313 e. The van der Waals surface area contributed by atoms with Crippen LogP contribution in [0.2, 0.25) is 0 Å². The molecule has 2 aromatic rings. The molecule has 2 aromatic carbocycles. The Kier molecular flexibility index (Phi) is 4.91. The normalized spacial score (nSPS) is 10.5. The quantitative estimate of drug-likeness (QED) is 0.765. The van der Waals surface area contributed by atoms with Gasteiger partial charge >= 0.3 is 0 Å². The number of halogens is 1. The van der Waals surface area contributed by atoms with Gasteiger partial charge in [-0.05, 0) is 42.6 Å². The van der Waals surface area contributed by atoms with Crippen LogP contribution in [0.3, 0.4) is 0 Å². The first-order chi connectivity index (χ1) is 8.84. The molecule has 0 saturated carbocycles. The Balaban J connectivity index is 1.63. The SMILES string of the molecule is Fc1ccc(CCCNCc2ccccc2)cc1. The van der Waals surface area contributed by atoms with E-state index in [-0.39, 0.29) is 5.82 Å². The van der Waals surface area contributed by atoms with E-state index >= 15 is 0 Å². The second-order valence-electron chi connectivity index (χ2n) is 4.39. The highest BCUT2D eigenvalue weighted by molar-refractivity contribution is 5.16. The molecule has 0 saturated heterocycles. The molecule has 0 heterocycles. The smallest absolute Gasteiger partial charge is 0.123 e. The maximum atomic E-state index is 12.7. The summed E-state index contributed by atoms with van der Waals surface area (Å²) < 4.78 is 12.7. The van der Waals surface area contributed by atoms with Crippen molar-refractivity contribution in [2.24, 2.45) is 0 Å². The molecule has 0 atom stereocenters. The predicted octanol–water partition coefficient (Wildman–Crippen LogP) is 3.55. The second kappa shape index (κ2) is 6.92. The van der Waals surface area contributed by atoms with Gasteiger partial charge in [-0.25, -0.2) is 4.39 Å². The molecule has 2 heteroatoms. The standard InChI is InChI=1S/C16H18FN/c17-16-10-8-14(9-11-16)7-4-12-18-13-15-5-2-1-3-6-15/h1-3,5-6,8-11,18H,4,7,12-13H2. The van der Waals surface area contributed by atoms with E-state index < -0.39 is 0 Å². The van der Waals surface area contributed by atoms with Crippen molar-refractivity contribution in [3.05, 3.63) is 71.5 Å². The van der Waals surface area contributed by atoms with E-state index in [1.165, 1.54) is 23.3 Å². The number of rotatable bonds is 6. The number of benzene rings is 2. The van der Waals surface area contributed by atoms with Crippen LogP contribution in [0.4, 0.5) is 4.39 Å². The van der Waals surface area contributed by atoms with E-state index in [2.05, 4.69) is 29.6 Å². The van der Waals surface area contributed by atoms with Crippen molar-refractivity contribution in [3.63, 3.8) is 0 Å². The predicted molar refractivity (Wildman–Crippen MR) is 72.9 cm³/mol. The summed E-state index contributed by atoms with van der Waals surface area (Å²) in [6, 6.07) is 17.1. The maximum absolute atomic E-state index is 12.7. The minimum atomic E-state index is -0.166. The molecule has 0 aromatic heterocycles. The lowest BCUT2D eigenvalue weighted by molar-refractivity contribution is 0.624. The third-order valence-electron chi connectivity index (χ3n) is 2.90. The van der Waals surface area contributed by atoms with Gasteiger partial charge in [-0.1, -0.05) is 42.5 Å². The highest BCUT2D eigenvalue weighted by Crippen LogP contribution is 2.05. The molecule has 0 spiro atoms. The first-order valence-electron chi connectivity index (χ1n) is 6.34. The summed E-state index contributed by atoms with van der Waals surface area (Å²) >= 11 is 0. The molecule has 1 N–H and O–H groups in total. The van der Waals surface area contributed by atoms with Crippen molar-refractivity contribution < 1.29 is 4.39 Å². The molecule has 18 heavy (non-hydrogen) atoms. The fourth-order valence-electron chi connectivity index (χ4n) is 1.90. The van der Waals surface area contributed by atoms with Crippen LogP contribution < -0.4 is 5.32 Å². The van der Waals surface area contributed by atoms with Gasteiger partial charge in [0.05, 0.1) is 0 Å². The molecule has 1 nitrogen and oxygen atoms in total. The van der Waals surface area contributed by atoms with Gasteiger partial charge in [-0.3, -0.25) is 0 Å². The lowest BCUT2D eigenvalue weighted by Crippen LogP contribution is -2.15. The topological polar surface area (TPSA) is 12.0 Å². The molecule has 0 unspecified atom stereocenters.